The summed E-state index contributed by atoms with van der Waals surface area (Å²) in [4.78, 5) is 32.2. The van der Waals surface area contributed by atoms with Gasteiger partial charge in [-0.05, 0) is 48.4 Å². The predicted octanol–water partition coefficient (Wildman–Crippen LogP) is 4.96. The van der Waals surface area contributed by atoms with E-state index >= 15 is 0 Å². The second kappa shape index (κ2) is 7.44. The molecule has 1 aromatic carbocycles. The average molecular weight is 452 g/mol. The number of fused-ring (bicyclic) bond motifs is 4. The average Bonchev–Trinajstić information content (AvgIpc) is 3.49. The van der Waals surface area contributed by atoms with Crippen molar-refractivity contribution in [3.8, 4) is 0 Å². The summed E-state index contributed by atoms with van der Waals surface area (Å²) in [5.74, 6) is 0.145. The van der Waals surface area contributed by atoms with E-state index in [0.29, 0.717) is 37.7 Å². The highest BCUT2D eigenvalue weighted by Crippen LogP contribution is 2.45. The molecule has 2 amide bonds. The van der Waals surface area contributed by atoms with E-state index in [0.717, 1.165) is 28.6 Å². The number of carbonyl (C=O) groups excluding carboxylic acids is 2. The van der Waals surface area contributed by atoms with Crippen LogP contribution in [0.3, 0.4) is 0 Å². The quantitative estimate of drug-likeness (QED) is 0.565. The van der Waals surface area contributed by atoms with Crippen molar-refractivity contribution in [2.45, 2.75) is 50.7 Å². The van der Waals surface area contributed by atoms with Crippen LogP contribution in [0.1, 0.15) is 54.6 Å². The van der Waals surface area contributed by atoms with E-state index in [1.165, 1.54) is 31.4 Å². The molecule has 32 heavy (non-hydrogen) atoms. The van der Waals surface area contributed by atoms with Gasteiger partial charge >= 0.3 is 0 Å². The molecule has 0 bridgehead atoms. The number of carbonyl (C=O) groups is 2. The molecule has 6 rings (SSSR count). The first kappa shape index (κ1) is 20.0. The fourth-order valence-electron chi connectivity index (χ4n) is 6.02. The Morgan fingerprint density at radius 3 is 2.66 bits per heavy atom. The SMILES string of the molecule is O=C(CC1CCCCC1)N1CCN2C(=O)c3cc4ccsc4n3CC12c1ccc(F)cc1. The highest BCUT2D eigenvalue weighted by molar-refractivity contribution is 7.16. The van der Waals surface area contributed by atoms with E-state index in [1.807, 2.05) is 27.3 Å². The molecule has 5 nitrogen and oxygen atoms in total. The molecule has 3 aliphatic rings. The Balaban J connectivity index is 1.46. The highest BCUT2D eigenvalue weighted by atomic mass is 32.1. The molecule has 0 N–H and O–H groups in total. The Morgan fingerprint density at radius 2 is 1.88 bits per heavy atom. The van der Waals surface area contributed by atoms with Crippen LogP contribution in [0.25, 0.3) is 10.2 Å². The summed E-state index contributed by atoms with van der Waals surface area (Å²) >= 11 is 1.61. The molecular weight excluding hydrogens is 425 g/mol. The van der Waals surface area contributed by atoms with Crippen LogP contribution < -0.4 is 0 Å². The van der Waals surface area contributed by atoms with Crippen molar-refractivity contribution in [2.75, 3.05) is 13.1 Å². The molecule has 2 aliphatic heterocycles. The number of thiophene rings is 1. The molecule has 166 valence electrons. The molecule has 1 aliphatic carbocycles. The largest absolute Gasteiger partial charge is 0.324 e. The molecule has 1 saturated heterocycles. The maximum Gasteiger partial charge on any atom is 0.272 e. The lowest BCUT2D eigenvalue weighted by Crippen LogP contribution is -2.60. The van der Waals surface area contributed by atoms with Crippen molar-refractivity contribution in [3.63, 3.8) is 0 Å². The van der Waals surface area contributed by atoms with Gasteiger partial charge in [0.25, 0.3) is 5.91 Å². The van der Waals surface area contributed by atoms with Crippen LogP contribution in [-0.4, -0.2) is 39.3 Å². The number of aromatic nitrogens is 1. The third-order valence-electron chi connectivity index (χ3n) is 7.58. The van der Waals surface area contributed by atoms with Gasteiger partial charge in [-0.15, -0.1) is 11.3 Å². The maximum atomic E-state index is 13.8. The van der Waals surface area contributed by atoms with E-state index in [2.05, 4.69) is 4.57 Å². The van der Waals surface area contributed by atoms with Crippen LogP contribution >= 0.6 is 11.3 Å². The fraction of sp³-hybridized carbons (Fsp3) is 0.440. The van der Waals surface area contributed by atoms with Crippen molar-refractivity contribution in [2.24, 2.45) is 5.92 Å². The molecule has 2 fully saturated rings. The van der Waals surface area contributed by atoms with Crippen molar-refractivity contribution >= 4 is 33.4 Å². The van der Waals surface area contributed by atoms with Gasteiger partial charge in [-0.2, -0.15) is 0 Å². The first-order valence-corrected chi connectivity index (χ1v) is 12.4. The molecule has 1 atom stereocenters. The minimum absolute atomic E-state index is 0.0584. The van der Waals surface area contributed by atoms with E-state index in [1.54, 1.807) is 23.5 Å². The normalized spacial score (nSPS) is 23.6. The second-order valence-electron chi connectivity index (χ2n) is 9.33. The topological polar surface area (TPSA) is 45.6 Å². The summed E-state index contributed by atoms with van der Waals surface area (Å²) in [6, 6.07) is 10.3. The van der Waals surface area contributed by atoms with E-state index in [9.17, 15) is 14.0 Å². The van der Waals surface area contributed by atoms with E-state index in [4.69, 9.17) is 0 Å². The lowest BCUT2D eigenvalue weighted by molar-refractivity contribution is -0.142. The lowest BCUT2D eigenvalue weighted by atomic mass is 9.86. The molecule has 1 unspecified atom stereocenters. The number of hydrogen-bond acceptors (Lipinski definition) is 3. The number of rotatable bonds is 3. The van der Waals surface area contributed by atoms with Crippen molar-refractivity contribution < 1.29 is 14.0 Å². The number of nitrogens with zero attached hydrogens (tertiary/aromatic N) is 3. The van der Waals surface area contributed by atoms with Crippen LogP contribution in [0.2, 0.25) is 0 Å². The molecule has 2 aromatic heterocycles. The minimum atomic E-state index is -0.917. The molecule has 4 heterocycles. The van der Waals surface area contributed by atoms with Crippen LogP contribution in [-0.2, 0) is 17.0 Å². The highest BCUT2D eigenvalue weighted by Gasteiger charge is 2.56. The Morgan fingerprint density at radius 1 is 1.09 bits per heavy atom. The van der Waals surface area contributed by atoms with E-state index < -0.39 is 5.66 Å². The third-order valence-corrected chi connectivity index (χ3v) is 8.53. The Hall–Kier alpha value is -2.67. The molecule has 3 aromatic rings. The minimum Gasteiger partial charge on any atom is -0.324 e. The van der Waals surface area contributed by atoms with Gasteiger partial charge in [-0.3, -0.25) is 9.59 Å². The number of benzene rings is 1. The predicted molar refractivity (Wildman–Crippen MR) is 122 cm³/mol. The maximum absolute atomic E-state index is 13.8. The van der Waals surface area contributed by atoms with Gasteiger partial charge < -0.3 is 14.4 Å². The van der Waals surface area contributed by atoms with E-state index in [-0.39, 0.29) is 17.6 Å². The van der Waals surface area contributed by atoms with Crippen molar-refractivity contribution in [3.05, 3.63) is 58.9 Å². The van der Waals surface area contributed by atoms with Gasteiger partial charge in [0.15, 0.2) is 5.66 Å². The van der Waals surface area contributed by atoms with Crippen LogP contribution in [0.15, 0.2) is 41.8 Å². The summed E-state index contributed by atoms with van der Waals surface area (Å²) in [5, 5.41) is 3.08. The second-order valence-corrected chi connectivity index (χ2v) is 10.2. The zero-order valence-corrected chi connectivity index (χ0v) is 18.7. The first-order valence-electron chi connectivity index (χ1n) is 11.5. The van der Waals surface area contributed by atoms with Crippen LogP contribution in [0, 0.1) is 11.7 Å². The van der Waals surface area contributed by atoms with Gasteiger partial charge in [0.2, 0.25) is 5.91 Å². The van der Waals surface area contributed by atoms with Crippen molar-refractivity contribution in [1.82, 2.24) is 14.4 Å². The van der Waals surface area contributed by atoms with Gasteiger partial charge in [-0.1, -0.05) is 31.4 Å². The number of amides is 2. The van der Waals surface area contributed by atoms with Crippen molar-refractivity contribution in [1.29, 1.82) is 0 Å². The summed E-state index contributed by atoms with van der Waals surface area (Å²) in [7, 11) is 0. The smallest absolute Gasteiger partial charge is 0.272 e. The lowest BCUT2D eigenvalue weighted by Gasteiger charge is -2.47. The molecule has 7 heteroatoms. The summed E-state index contributed by atoms with van der Waals surface area (Å²) in [6.45, 7) is 1.47. The Bertz CT molecular complexity index is 1190. The zero-order valence-electron chi connectivity index (χ0n) is 17.9. The summed E-state index contributed by atoms with van der Waals surface area (Å²) in [6.07, 6.45) is 6.36. The first-order chi connectivity index (χ1) is 15.6. The Kier molecular flexibility index (Phi) is 4.64. The monoisotopic (exact) mass is 451 g/mol. The fourth-order valence-corrected chi connectivity index (χ4v) is 6.92. The molecule has 1 saturated carbocycles. The molecular formula is C25H26FN3O2S. The standard InChI is InChI=1S/C25H26FN3O2S/c26-20-8-6-19(7-9-20)25-16-27-21(15-18-10-13-32-24(18)27)23(31)29(25)12-11-28(25)22(30)14-17-4-2-1-3-5-17/h6-10,13,15,17H,1-5,11-12,14,16H2. The Labute approximate surface area is 190 Å². The van der Waals surface area contributed by atoms with Gasteiger partial charge in [0.05, 0.1) is 6.54 Å². The summed E-state index contributed by atoms with van der Waals surface area (Å²) in [5.41, 5.74) is 0.552. The van der Waals surface area contributed by atoms with Gasteiger partial charge in [-0.25, -0.2) is 4.39 Å². The van der Waals surface area contributed by atoms with Crippen LogP contribution in [0.4, 0.5) is 4.39 Å². The number of halogens is 1. The van der Waals surface area contributed by atoms with Gasteiger partial charge in [0.1, 0.15) is 16.3 Å². The molecule has 0 radical (unpaired) electrons. The molecule has 0 spiro atoms. The zero-order chi connectivity index (χ0) is 21.9. The van der Waals surface area contributed by atoms with Gasteiger partial charge in [0, 0.05) is 30.5 Å². The van der Waals surface area contributed by atoms with Crippen LogP contribution in [0.5, 0.6) is 0 Å². The third kappa shape index (κ3) is 2.86. The number of hydrogen-bond donors (Lipinski definition) is 0. The summed E-state index contributed by atoms with van der Waals surface area (Å²) < 4.78 is 15.9.